The van der Waals surface area contributed by atoms with Crippen molar-refractivity contribution in [2.45, 2.75) is 13.3 Å². The highest BCUT2D eigenvalue weighted by atomic mass is 35.5. The third-order valence-corrected chi connectivity index (χ3v) is 2.50. The first kappa shape index (κ1) is 14.4. The molecule has 18 heavy (non-hydrogen) atoms. The highest BCUT2D eigenvalue weighted by molar-refractivity contribution is 6.31. The van der Waals surface area contributed by atoms with Crippen molar-refractivity contribution in [1.29, 1.82) is 0 Å². The van der Waals surface area contributed by atoms with E-state index in [0.717, 1.165) is 11.0 Å². The monoisotopic (exact) mass is 273 g/mol. The fraction of sp³-hybridized carbons (Fsp3) is 0.333. The topological polar surface area (TPSA) is 57.6 Å². The third kappa shape index (κ3) is 3.70. The second-order valence-corrected chi connectivity index (χ2v) is 4.18. The SMILES string of the molecule is CCCN(CC(=O)O)C(=O)c1cc(Cl)ccc1F. The van der Waals surface area contributed by atoms with Crippen LogP contribution in [0.2, 0.25) is 5.02 Å². The highest BCUT2D eigenvalue weighted by Gasteiger charge is 2.21. The maximum atomic E-state index is 13.5. The van der Waals surface area contributed by atoms with Crippen molar-refractivity contribution in [2.24, 2.45) is 0 Å². The van der Waals surface area contributed by atoms with Gasteiger partial charge in [0.2, 0.25) is 0 Å². The number of carbonyl (C=O) groups excluding carboxylic acids is 1. The average molecular weight is 274 g/mol. The number of carbonyl (C=O) groups is 2. The number of rotatable bonds is 5. The molecule has 0 atom stereocenters. The molecule has 4 nitrogen and oxygen atoms in total. The summed E-state index contributed by atoms with van der Waals surface area (Å²) in [7, 11) is 0. The first-order valence-corrected chi connectivity index (χ1v) is 5.79. The Morgan fingerprint density at radius 2 is 2.11 bits per heavy atom. The summed E-state index contributed by atoms with van der Waals surface area (Å²) in [6.07, 6.45) is 0.585. The molecule has 1 amide bonds. The van der Waals surface area contributed by atoms with Crippen LogP contribution in [-0.2, 0) is 4.79 Å². The van der Waals surface area contributed by atoms with Gasteiger partial charge in [-0.2, -0.15) is 0 Å². The molecule has 0 radical (unpaired) electrons. The molecule has 0 aliphatic carbocycles. The van der Waals surface area contributed by atoms with Gasteiger partial charge in [-0.1, -0.05) is 18.5 Å². The number of nitrogens with zero attached hydrogens (tertiary/aromatic N) is 1. The zero-order valence-electron chi connectivity index (χ0n) is 9.82. The van der Waals surface area contributed by atoms with Crippen LogP contribution < -0.4 is 0 Å². The van der Waals surface area contributed by atoms with Gasteiger partial charge in [0.05, 0.1) is 5.56 Å². The highest BCUT2D eigenvalue weighted by Crippen LogP contribution is 2.17. The van der Waals surface area contributed by atoms with Crippen LogP contribution in [0.3, 0.4) is 0 Å². The number of aliphatic carboxylic acids is 1. The average Bonchev–Trinajstić information content (AvgIpc) is 2.30. The fourth-order valence-corrected chi connectivity index (χ4v) is 1.69. The molecule has 0 heterocycles. The van der Waals surface area contributed by atoms with Crippen LogP contribution in [-0.4, -0.2) is 35.0 Å². The van der Waals surface area contributed by atoms with Gasteiger partial charge in [0.25, 0.3) is 5.91 Å². The van der Waals surface area contributed by atoms with E-state index in [2.05, 4.69) is 0 Å². The van der Waals surface area contributed by atoms with Gasteiger partial charge in [-0.3, -0.25) is 9.59 Å². The van der Waals surface area contributed by atoms with Crippen LogP contribution in [0, 0.1) is 5.82 Å². The number of hydrogen-bond donors (Lipinski definition) is 1. The van der Waals surface area contributed by atoms with E-state index in [1.165, 1.54) is 12.1 Å². The first-order chi connectivity index (χ1) is 8.45. The number of carboxylic acid groups (broad SMARTS) is 1. The van der Waals surface area contributed by atoms with Gasteiger partial charge in [-0.05, 0) is 24.6 Å². The summed E-state index contributed by atoms with van der Waals surface area (Å²) < 4.78 is 13.5. The lowest BCUT2D eigenvalue weighted by Crippen LogP contribution is -2.36. The molecule has 0 aromatic heterocycles. The minimum Gasteiger partial charge on any atom is -0.480 e. The predicted octanol–water partition coefficient (Wildman–Crippen LogP) is 2.42. The Labute approximate surface area is 109 Å². The molecule has 0 unspecified atom stereocenters. The van der Waals surface area contributed by atoms with Gasteiger partial charge >= 0.3 is 5.97 Å². The summed E-state index contributed by atoms with van der Waals surface area (Å²) >= 11 is 5.69. The maximum absolute atomic E-state index is 13.5. The molecule has 1 rings (SSSR count). The minimum absolute atomic E-state index is 0.211. The number of halogens is 2. The second-order valence-electron chi connectivity index (χ2n) is 3.74. The summed E-state index contributed by atoms with van der Waals surface area (Å²) in [5.41, 5.74) is -0.211. The summed E-state index contributed by atoms with van der Waals surface area (Å²) in [6, 6.07) is 3.61. The van der Waals surface area contributed by atoms with Crippen LogP contribution in [0.15, 0.2) is 18.2 Å². The van der Waals surface area contributed by atoms with E-state index in [4.69, 9.17) is 16.7 Å². The molecule has 6 heteroatoms. The fourth-order valence-electron chi connectivity index (χ4n) is 1.52. The maximum Gasteiger partial charge on any atom is 0.323 e. The lowest BCUT2D eigenvalue weighted by atomic mass is 10.1. The van der Waals surface area contributed by atoms with Crippen LogP contribution in [0.25, 0.3) is 0 Å². The first-order valence-electron chi connectivity index (χ1n) is 5.41. The summed E-state index contributed by atoms with van der Waals surface area (Å²) in [5.74, 6) is -2.52. The van der Waals surface area contributed by atoms with Gasteiger partial charge in [-0.25, -0.2) is 4.39 Å². The normalized spacial score (nSPS) is 10.2. The number of hydrogen-bond acceptors (Lipinski definition) is 2. The van der Waals surface area contributed by atoms with E-state index in [-0.39, 0.29) is 17.1 Å². The molecule has 1 aromatic rings. The Bertz CT molecular complexity index is 465. The number of benzene rings is 1. The molecule has 0 saturated heterocycles. The Kier molecular flexibility index (Phi) is 5.09. The number of amides is 1. The van der Waals surface area contributed by atoms with E-state index >= 15 is 0 Å². The molecule has 1 N–H and O–H groups in total. The molecule has 0 saturated carbocycles. The second kappa shape index (κ2) is 6.35. The predicted molar refractivity (Wildman–Crippen MR) is 65.2 cm³/mol. The Hall–Kier alpha value is -1.62. The zero-order chi connectivity index (χ0) is 13.7. The summed E-state index contributed by atoms with van der Waals surface area (Å²) in [6.45, 7) is 1.59. The van der Waals surface area contributed by atoms with Crippen molar-refractivity contribution >= 4 is 23.5 Å². The molecule has 0 aliphatic heterocycles. The molecule has 0 bridgehead atoms. The van der Waals surface area contributed by atoms with Crippen molar-refractivity contribution in [3.63, 3.8) is 0 Å². The third-order valence-electron chi connectivity index (χ3n) is 2.27. The molecule has 1 aromatic carbocycles. The van der Waals surface area contributed by atoms with Gasteiger partial charge in [0.1, 0.15) is 12.4 Å². The number of carboxylic acids is 1. The van der Waals surface area contributed by atoms with E-state index in [9.17, 15) is 14.0 Å². The van der Waals surface area contributed by atoms with Crippen molar-refractivity contribution in [1.82, 2.24) is 4.90 Å². The van der Waals surface area contributed by atoms with Gasteiger partial charge in [0.15, 0.2) is 0 Å². The Balaban J connectivity index is 3.01. The van der Waals surface area contributed by atoms with E-state index < -0.39 is 24.2 Å². The lowest BCUT2D eigenvalue weighted by molar-refractivity contribution is -0.137. The molecule has 0 aliphatic rings. The van der Waals surface area contributed by atoms with E-state index in [0.29, 0.717) is 6.42 Å². The molecule has 98 valence electrons. The smallest absolute Gasteiger partial charge is 0.323 e. The molecule has 0 spiro atoms. The van der Waals surface area contributed by atoms with Gasteiger partial charge in [-0.15, -0.1) is 0 Å². The lowest BCUT2D eigenvalue weighted by Gasteiger charge is -2.20. The molecular formula is C12H13ClFNO3. The van der Waals surface area contributed by atoms with Gasteiger partial charge in [0, 0.05) is 11.6 Å². The van der Waals surface area contributed by atoms with Crippen molar-refractivity contribution < 1.29 is 19.1 Å². The summed E-state index contributed by atoms with van der Waals surface area (Å²) in [4.78, 5) is 23.7. The zero-order valence-corrected chi connectivity index (χ0v) is 10.6. The Morgan fingerprint density at radius 3 is 2.67 bits per heavy atom. The summed E-state index contributed by atoms with van der Waals surface area (Å²) in [5, 5.41) is 8.94. The largest absolute Gasteiger partial charge is 0.480 e. The van der Waals surface area contributed by atoms with E-state index in [1.54, 1.807) is 6.92 Å². The quantitative estimate of drug-likeness (QED) is 0.896. The standard InChI is InChI=1S/C12H13ClFNO3/c1-2-5-15(7-11(16)17)12(18)9-6-8(13)3-4-10(9)14/h3-4,6H,2,5,7H2,1H3,(H,16,17). The Morgan fingerprint density at radius 1 is 1.44 bits per heavy atom. The van der Waals surface area contributed by atoms with Crippen molar-refractivity contribution in [2.75, 3.05) is 13.1 Å². The van der Waals surface area contributed by atoms with Crippen LogP contribution in [0.5, 0.6) is 0 Å². The van der Waals surface area contributed by atoms with E-state index in [1.807, 2.05) is 0 Å². The van der Waals surface area contributed by atoms with Crippen LogP contribution >= 0.6 is 11.6 Å². The van der Waals surface area contributed by atoms with Crippen LogP contribution in [0.4, 0.5) is 4.39 Å². The molecule has 0 fully saturated rings. The van der Waals surface area contributed by atoms with Crippen molar-refractivity contribution in [3.05, 3.63) is 34.6 Å². The molecular weight excluding hydrogens is 261 g/mol. The van der Waals surface area contributed by atoms with Crippen molar-refractivity contribution in [3.8, 4) is 0 Å². The van der Waals surface area contributed by atoms with Crippen LogP contribution in [0.1, 0.15) is 23.7 Å². The minimum atomic E-state index is -1.14. The van der Waals surface area contributed by atoms with Gasteiger partial charge < -0.3 is 10.0 Å².